The number of rotatable bonds is 5. The van der Waals surface area contributed by atoms with Crippen molar-refractivity contribution in [3.63, 3.8) is 0 Å². The minimum atomic E-state index is -1.17. The van der Waals surface area contributed by atoms with Crippen molar-refractivity contribution >= 4 is 51.0 Å². The number of amides is 1. The lowest BCUT2D eigenvalue weighted by Gasteiger charge is -2.20. The topological polar surface area (TPSA) is 122 Å². The third-order valence-corrected chi connectivity index (χ3v) is 4.14. The quantitative estimate of drug-likeness (QED) is 0.323. The van der Waals surface area contributed by atoms with E-state index in [1.54, 1.807) is 6.07 Å². The number of likely N-dealkylation sites (tertiary alicyclic amines) is 1. The molecule has 9 nitrogen and oxygen atoms in total. The van der Waals surface area contributed by atoms with Crippen molar-refractivity contribution in [2.45, 2.75) is 12.1 Å². The van der Waals surface area contributed by atoms with E-state index in [1.165, 1.54) is 12.1 Å². The Morgan fingerprint density at radius 3 is 2.79 bits per heavy atom. The Bertz CT molecular complexity index is 673. The first-order chi connectivity index (χ1) is 11.3. The van der Waals surface area contributed by atoms with E-state index in [9.17, 15) is 19.7 Å². The Hall–Kier alpha value is -2.07. The second-order valence-corrected chi connectivity index (χ2v) is 6.20. The second-order valence-electron chi connectivity index (χ2n) is 5.02. The van der Waals surface area contributed by atoms with Crippen molar-refractivity contribution in [2.24, 2.45) is 0 Å². The monoisotopic (exact) mass is 421 g/mol. The van der Waals surface area contributed by atoms with Gasteiger partial charge in [-0.1, -0.05) is 15.9 Å². The Balaban J connectivity index is 2.23. The summed E-state index contributed by atoms with van der Waals surface area (Å²) in [5.74, 6) is -1.06. The van der Waals surface area contributed by atoms with Gasteiger partial charge in [0.05, 0.1) is 17.5 Å². The molecule has 2 N–H and O–H groups in total. The lowest BCUT2D eigenvalue weighted by molar-refractivity contribution is -0.384. The average Bonchev–Trinajstić information content (AvgIpc) is 2.91. The number of nitro benzene ring substituents is 1. The van der Waals surface area contributed by atoms with Gasteiger partial charge in [0.15, 0.2) is 0 Å². The molecule has 0 radical (unpaired) electrons. The highest BCUT2D eigenvalue weighted by atomic mass is 79.9. The van der Waals surface area contributed by atoms with Crippen molar-refractivity contribution in [1.29, 1.82) is 0 Å². The fraction of sp³-hybridized carbons (Fsp3) is 0.385. The first kappa shape index (κ1) is 18.3. The molecule has 1 amide bonds. The summed E-state index contributed by atoms with van der Waals surface area (Å²) in [7, 11) is 0. The van der Waals surface area contributed by atoms with Gasteiger partial charge < -0.3 is 20.1 Å². The number of ether oxygens (including phenoxy) is 1. The molecule has 1 fully saturated rings. The van der Waals surface area contributed by atoms with Crippen LogP contribution in [0.3, 0.4) is 0 Å². The maximum atomic E-state index is 11.4. The van der Waals surface area contributed by atoms with Crippen LogP contribution in [-0.4, -0.2) is 58.1 Å². The minimum absolute atomic E-state index is 0.0167. The van der Waals surface area contributed by atoms with Gasteiger partial charge in [-0.05, 0) is 12.1 Å². The molecule has 0 aliphatic carbocycles. The number of nitrogens with one attached hydrogen (secondary N) is 1. The molecule has 0 aromatic heterocycles. The van der Waals surface area contributed by atoms with E-state index in [4.69, 9.17) is 21.4 Å². The number of hydrogen-bond acceptors (Lipinski definition) is 6. The van der Waals surface area contributed by atoms with Crippen LogP contribution in [0.2, 0.25) is 0 Å². The van der Waals surface area contributed by atoms with Crippen LogP contribution in [0.15, 0.2) is 22.7 Å². The molecule has 0 bridgehead atoms. The fourth-order valence-electron chi connectivity index (χ4n) is 2.37. The third-order valence-electron chi connectivity index (χ3n) is 3.43. The van der Waals surface area contributed by atoms with Gasteiger partial charge in [0, 0.05) is 17.1 Å². The molecular formula is C13H13BrClN3O6. The van der Waals surface area contributed by atoms with Crippen molar-refractivity contribution < 1.29 is 24.4 Å². The molecule has 130 valence electrons. The second kappa shape index (κ2) is 7.67. The predicted molar refractivity (Wildman–Crippen MR) is 88.4 cm³/mol. The lowest BCUT2D eigenvalue weighted by Crippen LogP contribution is -2.36. The molecule has 2 unspecified atom stereocenters. The standard InChI is InChI=1S/C13H13BrClN3O6/c14-7-1-2-8(10(3-7)18(22)23)16-9-5-17(13(20)21)6-11(9)24-12(19)4-15/h1-3,9,11,16H,4-6H2,(H,20,21). The third kappa shape index (κ3) is 4.26. The summed E-state index contributed by atoms with van der Waals surface area (Å²) in [6.07, 6.45) is -1.97. The van der Waals surface area contributed by atoms with E-state index in [2.05, 4.69) is 21.2 Å². The highest BCUT2D eigenvalue weighted by Gasteiger charge is 2.38. The van der Waals surface area contributed by atoms with Crippen molar-refractivity contribution in [3.05, 3.63) is 32.8 Å². The normalized spacial score (nSPS) is 19.8. The number of nitrogens with zero attached hydrogens (tertiary/aromatic N) is 2. The van der Waals surface area contributed by atoms with Crippen molar-refractivity contribution in [1.82, 2.24) is 4.90 Å². The van der Waals surface area contributed by atoms with Crippen LogP contribution in [0.5, 0.6) is 0 Å². The van der Waals surface area contributed by atoms with E-state index < -0.39 is 29.1 Å². The van der Waals surface area contributed by atoms with Gasteiger partial charge >= 0.3 is 12.1 Å². The molecule has 0 spiro atoms. The number of benzene rings is 1. The Labute approximate surface area is 149 Å². The Kier molecular flexibility index (Phi) is 5.84. The zero-order valence-corrected chi connectivity index (χ0v) is 14.5. The summed E-state index contributed by atoms with van der Waals surface area (Å²) in [4.78, 5) is 34.2. The molecule has 2 atom stereocenters. The first-order valence-corrected chi connectivity index (χ1v) is 8.08. The number of carbonyl (C=O) groups is 2. The van der Waals surface area contributed by atoms with Crippen LogP contribution in [0.4, 0.5) is 16.2 Å². The zero-order valence-electron chi connectivity index (χ0n) is 12.1. The number of halogens is 2. The van der Waals surface area contributed by atoms with Crippen LogP contribution in [-0.2, 0) is 9.53 Å². The van der Waals surface area contributed by atoms with E-state index in [1.807, 2.05) is 0 Å². The smallest absolute Gasteiger partial charge is 0.407 e. The highest BCUT2D eigenvalue weighted by molar-refractivity contribution is 9.10. The van der Waals surface area contributed by atoms with E-state index in [0.29, 0.717) is 4.47 Å². The van der Waals surface area contributed by atoms with Gasteiger partial charge in [-0.15, -0.1) is 11.6 Å². The van der Waals surface area contributed by atoms with Crippen LogP contribution >= 0.6 is 27.5 Å². The van der Waals surface area contributed by atoms with Crippen LogP contribution in [0.1, 0.15) is 0 Å². The zero-order chi connectivity index (χ0) is 17.9. The first-order valence-electron chi connectivity index (χ1n) is 6.75. The molecule has 1 aromatic carbocycles. The van der Waals surface area contributed by atoms with E-state index in [0.717, 1.165) is 4.90 Å². The molecule has 1 heterocycles. The number of alkyl halides is 1. The van der Waals surface area contributed by atoms with Crippen LogP contribution in [0.25, 0.3) is 0 Å². The Morgan fingerprint density at radius 1 is 1.50 bits per heavy atom. The molecule has 1 aliphatic heterocycles. The summed E-state index contributed by atoms with van der Waals surface area (Å²) in [6.45, 7) is -0.0251. The number of anilines is 1. The van der Waals surface area contributed by atoms with Gasteiger partial charge in [-0.2, -0.15) is 0 Å². The van der Waals surface area contributed by atoms with Crippen LogP contribution < -0.4 is 5.32 Å². The summed E-state index contributed by atoms with van der Waals surface area (Å²) in [5, 5.41) is 23.2. The lowest BCUT2D eigenvalue weighted by atomic mass is 10.2. The number of carboxylic acid groups (broad SMARTS) is 1. The van der Waals surface area contributed by atoms with Crippen molar-refractivity contribution in [3.8, 4) is 0 Å². The SMILES string of the molecule is O=C(CCl)OC1CN(C(=O)O)CC1Nc1ccc(Br)cc1[N+](=O)[O-]. The molecule has 2 rings (SSSR count). The highest BCUT2D eigenvalue weighted by Crippen LogP contribution is 2.30. The molecule has 1 saturated heterocycles. The van der Waals surface area contributed by atoms with Gasteiger partial charge in [0.2, 0.25) is 0 Å². The molecule has 1 aliphatic rings. The number of hydrogen-bond donors (Lipinski definition) is 2. The maximum Gasteiger partial charge on any atom is 0.407 e. The molecular weight excluding hydrogens is 410 g/mol. The summed E-state index contributed by atoms with van der Waals surface area (Å²) in [5.41, 5.74) is 0.0212. The van der Waals surface area contributed by atoms with Crippen molar-refractivity contribution in [2.75, 3.05) is 24.3 Å². The summed E-state index contributed by atoms with van der Waals surface area (Å²) >= 11 is 8.56. The van der Waals surface area contributed by atoms with E-state index in [-0.39, 0.29) is 30.3 Å². The van der Waals surface area contributed by atoms with Gasteiger partial charge in [0.1, 0.15) is 17.7 Å². The predicted octanol–water partition coefficient (Wildman–Crippen LogP) is 2.28. The number of carbonyl (C=O) groups excluding carboxylic acids is 1. The van der Waals surface area contributed by atoms with Gasteiger partial charge in [-0.3, -0.25) is 14.9 Å². The maximum absolute atomic E-state index is 11.4. The van der Waals surface area contributed by atoms with Gasteiger partial charge in [0.25, 0.3) is 5.69 Å². The largest absolute Gasteiger partial charge is 0.465 e. The minimum Gasteiger partial charge on any atom is -0.465 e. The van der Waals surface area contributed by atoms with E-state index >= 15 is 0 Å². The number of nitro groups is 1. The fourth-order valence-corrected chi connectivity index (χ4v) is 2.78. The summed E-state index contributed by atoms with van der Waals surface area (Å²) < 4.78 is 5.66. The molecule has 24 heavy (non-hydrogen) atoms. The Morgan fingerprint density at radius 2 is 2.21 bits per heavy atom. The molecule has 0 saturated carbocycles. The average molecular weight is 423 g/mol. The number of esters is 1. The van der Waals surface area contributed by atoms with Gasteiger partial charge in [-0.25, -0.2) is 4.79 Å². The molecule has 1 aromatic rings. The molecule has 11 heteroatoms. The summed E-state index contributed by atoms with van der Waals surface area (Å²) in [6, 6.07) is 3.80. The van der Waals surface area contributed by atoms with Crippen LogP contribution in [0, 0.1) is 10.1 Å².